The molecule has 0 saturated heterocycles. The van der Waals surface area contributed by atoms with Gasteiger partial charge in [0.05, 0.1) is 26.9 Å². The summed E-state index contributed by atoms with van der Waals surface area (Å²) in [5.41, 5.74) is 8.70. The number of nitriles is 1. The van der Waals surface area contributed by atoms with E-state index in [2.05, 4.69) is 0 Å². The average molecular weight is 513 g/mol. The molecule has 8 heteroatoms. The summed E-state index contributed by atoms with van der Waals surface area (Å²) in [5, 5.41) is 9.18. The van der Waals surface area contributed by atoms with Crippen molar-refractivity contribution in [2.24, 2.45) is 5.73 Å². The molecule has 38 heavy (non-hydrogen) atoms. The Morgan fingerprint density at radius 1 is 0.895 bits per heavy atom. The zero-order chi connectivity index (χ0) is 27.7. The fourth-order valence-corrected chi connectivity index (χ4v) is 3.74. The number of benzene rings is 3. The molecule has 3 rings (SSSR count). The van der Waals surface area contributed by atoms with Crippen molar-refractivity contribution in [1.29, 1.82) is 5.26 Å². The lowest BCUT2D eigenvalue weighted by Crippen LogP contribution is -2.18. The molecule has 0 radical (unpaired) electrons. The molecule has 0 heterocycles. The maximum Gasteiger partial charge on any atom is 0.339 e. The van der Waals surface area contributed by atoms with Gasteiger partial charge in [-0.2, -0.15) is 5.26 Å². The lowest BCUT2D eigenvalue weighted by molar-refractivity contribution is -0.140. The van der Waals surface area contributed by atoms with Gasteiger partial charge in [-0.05, 0) is 47.4 Å². The third kappa shape index (κ3) is 6.39. The molecule has 0 aliphatic rings. The Labute approximate surface area is 221 Å². The fraction of sp³-hybridized carbons (Fsp3) is 0.167. The first-order chi connectivity index (χ1) is 18.3. The Hall–Kier alpha value is -5.03. The van der Waals surface area contributed by atoms with E-state index in [-0.39, 0.29) is 16.8 Å². The Morgan fingerprint density at radius 2 is 1.47 bits per heavy atom. The lowest BCUT2D eigenvalue weighted by Gasteiger charge is -2.14. The normalized spacial score (nSPS) is 11.6. The van der Waals surface area contributed by atoms with Gasteiger partial charge >= 0.3 is 5.97 Å². The van der Waals surface area contributed by atoms with Crippen LogP contribution in [0.1, 0.15) is 18.1 Å². The van der Waals surface area contributed by atoms with Crippen LogP contribution in [0.15, 0.2) is 78.0 Å². The van der Waals surface area contributed by atoms with Crippen LogP contribution < -0.4 is 19.9 Å². The second-order valence-electron chi connectivity index (χ2n) is 8.13. The average Bonchev–Trinajstić information content (AvgIpc) is 2.94. The zero-order valence-electron chi connectivity index (χ0n) is 21.6. The van der Waals surface area contributed by atoms with Crippen molar-refractivity contribution >= 4 is 23.4 Å². The van der Waals surface area contributed by atoms with Crippen LogP contribution in [-0.4, -0.2) is 39.7 Å². The Balaban J connectivity index is 2.04. The van der Waals surface area contributed by atoms with Crippen LogP contribution in [0.3, 0.4) is 0 Å². The first kappa shape index (κ1) is 27.6. The Bertz CT molecular complexity index is 1390. The topological polar surface area (TPSA) is 121 Å². The lowest BCUT2D eigenvalue weighted by atomic mass is 9.98. The molecule has 0 aliphatic carbocycles. The van der Waals surface area contributed by atoms with E-state index in [9.17, 15) is 14.9 Å². The van der Waals surface area contributed by atoms with Crippen LogP contribution in [0.25, 0.3) is 22.8 Å². The van der Waals surface area contributed by atoms with E-state index in [1.54, 1.807) is 36.4 Å². The molecule has 0 spiro atoms. The molecule has 0 saturated carbocycles. The van der Waals surface area contributed by atoms with Crippen molar-refractivity contribution < 1.29 is 28.5 Å². The van der Waals surface area contributed by atoms with Gasteiger partial charge < -0.3 is 24.7 Å². The summed E-state index contributed by atoms with van der Waals surface area (Å²) in [6.07, 6.45) is 1.60. The van der Waals surface area contributed by atoms with Gasteiger partial charge in [0.1, 0.15) is 11.6 Å². The maximum absolute atomic E-state index is 13.3. The number of ketones is 1. The van der Waals surface area contributed by atoms with Crippen molar-refractivity contribution in [3.63, 3.8) is 0 Å². The predicted molar refractivity (Wildman–Crippen MR) is 144 cm³/mol. The van der Waals surface area contributed by atoms with Gasteiger partial charge in [-0.1, -0.05) is 54.6 Å². The summed E-state index contributed by atoms with van der Waals surface area (Å²) < 4.78 is 21.6. The molecule has 8 nitrogen and oxygen atoms in total. The molecular formula is C30H28N2O6. The number of hydrogen-bond donors (Lipinski definition) is 1. The van der Waals surface area contributed by atoms with E-state index in [0.29, 0.717) is 28.4 Å². The molecular weight excluding hydrogens is 484 g/mol. The number of esters is 1. The number of methoxy groups -OCH3 is 3. The summed E-state index contributed by atoms with van der Waals surface area (Å²) in [6, 6.07) is 22.3. The van der Waals surface area contributed by atoms with Crippen LogP contribution in [0.4, 0.5) is 0 Å². The van der Waals surface area contributed by atoms with Crippen LogP contribution >= 0.6 is 0 Å². The molecule has 0 fully saturated rings. The van der Waals surface area contributed by atoms with Crippen LogP contribution in [0.5, 0.6) is 17.2 Å². The molecule has 194 valence electrons. The maximum atomic E-state index is 13.3. The molecule has 0 aliphatic heterocycles. The highest BCUT2D eigenvalue weighted by Gasteiger charge is 2.20. The van der Waals surface area contributed by atoms with Gasteiger partial charge in [0.25, 0.3) is 0 Å². The second-order valence-corrected chi connectivity index (χ2v) is 8.13. The molecule has 0 unspecified atom stereocenters. The monoisotopic (exact) mass is 512 g/mol. The second kappa shape index (κ2) is 12.8. The van der Waals surface area contributed by atoms with E-state index < -0.39 is 18.4 Å². The number of nitrogens with two attached hydrogens (primary N) is 1. The van der Waals surface area contributed by atoms with E-state index in [1.807, 2.05) is 42.5 Å². The number of ether oxygens (including phenoxy) is 4. The van der Waals surface area contributed by atoms with Gasteiger partial charge in [-0.25, -0.2) is 4.79 Å². The van der Waals surface area contributed by atoms with Gasteiger partial charge in [0, 0.05) is 5.70 Å². The standard InChI is InChI=1S/C30H28N2O6/c1-19(32)25(17-31)26(33)18-38-30(34)24(14-20-15-27(35-2)29(37-4)28(16-20)36-3)23-12-10-22(11-13-23)21-8-6-5-7-9-21/h5-16H,18,32H2,1-4H3/b24-14+,25-19-. The largest absolute Gasteiger partial charge is 0.493 e. The number of nitrogens with zero attached hydrogens (tertiary/aromatic N) is 1. The van der Waals surface area contributed by atoms with Gasteiger partial charge in [0.2, 0.25) is 11.5 Å². The fourth-order valence-electron chi connectivity index (χ4n) is 3.74. The van der Waals surface area contributed by atoms with E-state index in [4.69, 9.17) is 24.7 Å². The number of hydrogen-bond acceptors (Lipinski definition) is 8. The zero-order valence-corrected chi connectivity index (χ0v) is 21.6. The van der Waals surface area contributed by atoms with E-state index in [1.165, 1.54) is 28.3 Å². The highest BCUT2D eigenvalue weighted by molar-refractivity contribution is 6.22. The minimum atomic E-state index is -0.758. The van der Waals surface area contributed by atoms with Gasteiger partial charge in [-0.3, -0.25) is 4.79 Å². The minimum absolute atomic E-state index is 0.0539. The molecule has 0 aromatic heterocycles. The quantitative estimate of drug-likeness (QED) is 0.178. The molecule has 3 aromatic carbocycles. The third-order valence-corrected chi connectivity index (χ3v) is 5.64. The van der Waals surface area contributed by atoms with Crippen molar-refractivity contribution in [3.05, 3.63) is 89.1 Å². The van der Waals surface area contributed by atoms with Crippen molar-refractivity contribution in [3.8, 4) is 34.4 Å². The number of carbonyl (C=O) groups excluding carboxylic acids is 2. The van der Waals surface area contributed by atoms with E-state index in [0.717, 1.165) is 11.1 Å². The number of Topliss-reactive ketones (excluding diaryl/α,β-unsaturated/α-hetero) is 1. The molecule has 0 bridgehead atoms. The molecule has 3 aromatic rings. The first-order valence-corrected chi connectivity index (χ1v) is 11.6. The molecule has 0 amide bonds. The van der Waals surface area contributed by atoms with Crippen molar-refractivity contribution in [2.75, 3.05) is 27.9 Å². The van der Waals surface area contributed by atoms with Crippen molar-refractivity contribution in [1.82, 2.24) is 0 Å². The summed E-state index contributed by atoms with van der Waals surface area (Å²) in [6.45, 7) is 0.799. The SMILES string of the molecule is COc1cc(/C=C(/C(=O)OCC(=O)/C(C#N)=C(/C)N)c2ccc(-c3ccccc3)cc2)cc(OC)c1OC. The van der Waals surface area contributed by atoms with Gasteiger partial charge in [-0.15, -0.1) is 0 Å². The van der Waals surface area contributed by atoms with Crippen LogP contribution in [-0.2, 0) is 14.3 Å². The molecule has 0 atom stereocenters. The minimum Gasteiger partial charge on any atom is -0.493 e. The third-order valence-electron chi connectivity index (χ3n) is 5.64. The van der Waals surface area contributed by atoms with Gasteiger partial charge in [0.15, 0.2) is 18.1 Å². The summed E-state index contributed by atoms with van der Waals surface area (Å²) in [4.78, 5) is 25.6. The number of rotatable bonds is 10. The van der Waals surface area contributed by atoms with Crippen LogP contribution in [0.2, 0.25) is 0 Å². The summed E-state index contributed by atoms with van der Waals surface area (Å²) in [5.74, 6) is -0.230. The van der Waals surface area contributed by atoms with E-state index >= 15 is 0 Å². The summed E-state index contributed by atoms with van der Waals surface area (Å²) >= 11 is 0. The number of carbonyl (C=O) groups is 2. The van der Waals surface area contributed by atoms with Crippen LogP contribution in [0, 0.1) is 11.3 Å². The molecule has 2 N–H and O–H groups in total. The van der Waals surface area contributed by atoms with Crippen molar-refractivity contribution in [2.45, 2.75) is 6.92 Å². The first-order valence-electron chi connectivity index (χ1n) is 11.6. The highest BCUT2D eigenvalue weighted by atomic mass is 16.5. The number of allylic oxidation sites excluding steroid dienone is 1. The Kier molecular flexibility index (Phi) is 9.27. The summed E-state index contributed by atoms with van der Waals surface area (Å²) in [7, 11) is 4.48. The highest BCUT2D eigenvalue weighted by Crippen LogP contribution is 2.39. The predicted octanol–water partition coefficient (Wildman–Crippen LogP) is 4.79. The smallest absolute Gasteiger partial charge is 0.339 e. The Morgan fingerprint density at radius 3 is 1.97 bits per heavy atom.